The van der Waals surface area contributed by atoms with Crippen molar-refractivity contribution in [1.82, 2.24) is 10.6 Å². The molecule has 1 rings (SSSR count). The SMILES string of the molecule is O=C(O)CC1NCCCCNC1=O. The minimum absolute atomic E-state index is 0.147. The molecule has 5 nitrogen and oxygen atoms in total. The van der Waals surface area contributed by atoms with Crippen LogP contribution in [0.4, 0.5) is 0 Å². The lowest BCUT2D eigenvalue weighted by molar-refractivity contribution is -0.140. The average molecular weight is 186 g/mol. The third kappa shape index (κ3) is 3.42. The van der Waals surface area contributed by atoms with Crippen molar-refractivity contribution in [2.24, 2.45) is 0 Å². The van der Waals surface area contributed by atoms with Crippen LogP contribution in [-0.4, -0.2) is 36.1 Å². The van der Waals surface area contributed by atoms with Gasteiger partial charge in [-0.2, -0.15) is 0 Å². The summed E-state index contributed by atoms with van der Waals surface area (Å²) in [5, 5.41) is 14.1. The third-order valence-electron chi connectivity index (χ3n) is 1.99. The maximum atomic E-state index is 11.3. The van der Waals surface area contributed by atoms with E-state index in [-0.39, 0.29) is 12.3 Å². The van der Waals surface area contributed by atoms with E-state index in [4.69, 9.17) is 5.11 Å². The van der Waals surface area contributed by atoms with E-state index in [1.165, 1.54) is 0 Å². The number of carboxylic acids is 1. The number of nitrogens with one attached hydrogen (secondary N) is 2. The highest BCUT2D eigenvalue weighted by molar-refractivity contribution is 5.86. The zero-order valence-corrected chi connectivity index (χ0v) is 7.38. The molecule has 74 valence electrons. The molecule has 0 aliphatic carbocycles. The molecule has 0 bridgehead atoms. The predicted octanol–water partition coefficient (Wildman–Crippen LogP) is -0.671. The molecular weight excluding hydrogens is 172 g/mol. The van der Waals surface area contributed by atoms with Crippen molar-refractivity contribution in [2.75, 3.05) is 13.1 Å². The summed E-state index contributed by atoms with van der Waals surface area (Å²) in [6, 6.07) is -0.571. The van der Waals surface area contributed by atoms with E-state index < -0.39 is 12.0 Å². The summed E-state index contributed by atoms with van der Waals surface area (Å²) >= 11 is 0. The van der Waals surface area contributed by atoms with Crippen LogP contribution in [0.15, 0.2) is 0 Å². The molecular formula is C8H14N2O3. The Hall–Kier alpha value is -1.10. The normalized spacial score (nSPS) is 24.3. The van der Waals surface area contributed by atoms with Crippen LogP contribution < -0.4 is 10.6 Å². The van der Waals surface area contributed by atoms with Crippen LogP contribution >= 0.6 is 0 Å². The molecule has 0 saturated carbocycles. The average Bonchev–Trinajstić information content (AvgIpc) is 2.04. The van der Waals surface area contributed by atoms with Gasteiger partial charge in [0.1, 0.15) is 0 Å². The molecule has 1 atom stereocenters. The zero-order chi connectivity index (χ0) is 9.68. The number of rotatable bonds is 2. The van der Waals surface area contributed by atoms with Gasteiger partial charge in [-0.05, 0) is 19.4 Å². The molecule has 13 heavy (non-hydrogen) atoms. The second kappa shape index (κ2) is 4.81. The molecule has 1 heterocycles. The van der Waals surface area contributed by atoms with Crippen LogP contribution in [0.1, 0.15) is 19.3 Å². The summed E-state index contributed by atoms with van der Waals surface area (Å²) in [5.74, 6) is -1.16. The molecule has 3 N–H and O–H groups in total. The number of carboxylic acid groups (broad SMARTS) is 1. The number of carbonyl (C=O) groups excluding carboxylic acids is 1. The standard InChI is InChI=1S/C8H14N2O3/c11-7(12)5-6-8(13)10-4-2-1-3-9-6/h6,9H,1-5H2,(H,10,13)(H,11,12). The van der Waals surface area contributed by atoms with E-state index >= 15 is 0 Å². The first-order valence-corrected chi connectivity index (χ1v) is 4.43. The first kappa shape index (κ1) is 9.98. The van der Waals surface area contributed by atoms with Crippen LogP contribution in [-0.2, 0) is 9.59 Å². The number of hydrogen-bond donors (Lipinski definition) is 3. The van der Waals surface area contributed by atoms with Gasteiger partial charge in [-0.3, -0.25) is 9.59 Å². The lowest BCUT2D eigenvalue weighted by Gasteiger charge is -2.19. The Balaban J connectivity index is 2.46. The smallest absolute Gasteiger partial charge is 0.305 e. The highest BCUT2D eigenvalue weighted by Gasteiger charge is 2.21. The molecule has 0 aromatic rings. The largest absolute Gasteiger partial charge is 0.481 e. The topological polar surface area (TPSA) is 78.4 Å². The van der Waals surface area contributed by atoms with Gasteiger partial charge < -0.3 is 15.7 Å². The van der Waals surface area contributed by atoms with Crippen molar-refractivity contribution in [3.63, 3.8) is 0 Å². The van der Waals surface area contributed by atoms with Crippen molar-refractivity contribution in [3.05, 3.63) is 0 Å². The van der Waals surface area contributed by atoms with Gasteiger partial charge in [0, 0.05) is 6.54 Å². The predicted molar refractivity (Wildman–Crippen MR) is 46.3 cm³/mol. The van der Waals surface area contributed by atoms with Gasteiger partial charge in [-0.15, -0.1) is 0 Å². The van der Waals surface area contributed by atoms with Gasteiger partial charge in [0.2, 0.25) is 5.91 Å². The molecule has 1 unspecified atom stereocenters. The van der Waals surface area contributed by atoms with Crippen LogP contribution in [0, 0.1) is 0 Å². The second-order valence-electron chi connectivity index (χ2n) is 3.10. The first-order chi connectivity index (χ1) is 6.20. The van der Waals surface area contributed by atoms with Gasteiger partial charge >= 0.3 is 5.97 Å². The third-order valence-corrected chi connectivity index (χ3v) is 1.99. The molecule has 5 heteroatoms. The Morgan fingerprint density at radius 3 is 2.85 bits per heavy atom. The number of amides is 1. The molecule has 0 radical (unpaired) electrons. The van der Waals surface area contributed by atoms with E-state index in [0.717, 1.165) is 12.8 Å². The van der Waals surface area contributed by atoms with Crippen LogP contribution in [0.25, 0.3) is 0 Å². The lowest BCUT2D eigenvalue weighted by atomic mass is 10.1. The highest BCUT2D eigenvalue weighted by atomic mass is 16.4. The summed E-state index contributed by atoms with van der Waals surface area (Å²) in [4.78, 5) is 21.7. The van der Waals surface area contributed by atoms with Gasteiger partial charge in [-0.25, -0.2) is 0 Å². The molecule has 1 saturated heterocycles. The van der Waals surface area contributed by atoms with Crippen molar-refractivity contribution in [2.45, 2.75) is 25.3 Å². The van der Waals surface area contributed by atoms with E-state index in [9.17, 15) is 9.59 Å². The molecule has 1 aliphatic rings. The van der Waals surface area contributed by atoms with E-state index in [2.05, 4.69) is 10.6 Å². The molecule has 1 amide bonds. The molecule has 1 fully saturated rings. The van der Waals surface area contributed by atoms with Crippen LogP contribution in [0.5, 0.6) is 0 Å². The fourth-order valence-corrected chi connectivity index (χ4v) is 1.29. The van der Waals surface area contributed by atoms with Gasteiger partial charge in [-0.1, -0.05) is 0 Å². The Bertz CT molecular complexity index is 206. The summed E-state index contributed by atoms with van der Waals surface area (Å²) in [5.41, 5.74) is 0. The summed E-state index contributed by atoms with van der Waals surface area (Å²) in [7, 11) is 0. The van der Waals surface area contributed by atoms with Gasteiger partial charge in [0.05, 0.1) is 12.5 Å². The second-order valence-corrected chi connectivity index (χ2v) is 3.10. The van der Waals surface area contributed by atoms with E-state index in [0.29, 0.717) is 13.1 Å². The van der Waals surface area contributed by atoms with E-state index in [1.54, 1.807) is 0 Å². The van der Waals surface area contributed by atoms with Crippen molar-refractivity contribution in [1.29, 1.82) is 0 Å². The number of carbonyl (C=O) groups is 2. The lowest BCUT2D eigenvalue weighted by Crippen LogP contribution is -2.47. The maximum absolute atomic E-state index is 11.3. The highest BCUT2D eigenvalue weighted by Crippen LogP contribution is 1.97. The molecule has 1 aliphatic heterocycles. The maximum Gasteiger partial charge on any atom is 0.305 e. The number of aliphatic carboxylic acids is 1. The minimum atomic E-state index is -0.951. The minimum Gasteiger partial charge on any atom is -0.481 e. The fraction of sp³-hybridized carbons (Fsp3) is 0.750. The number of hydrogen-bond acceptors (Lipinski definition) is 3. The summed E-state index contributed by atoms with van der Waals surface area (Å²) in [6.07, 6.45) is 1.76. The van der Waals surface area contributed by atoms with Crippen molar-refractivity contribution in [3.8, 4) is 0 Å². The van der Waals surface area contributed by atoms with Crippen LogP contribution in [0.2, 0.25) is 0 Å². The molecule has 0 spiro atoms. The van der Waals surface area contributed by atoms with Gasteiger partial charge in [0.15, 0.2) is 0 Å². The Kier molecular flexibility index (Phi) is 3.70. The van der Waals surface area contributed by atoms with Crippen molar-refractivity contribution < 1.29 is 14.7 Å². The van der Waals surface area contributed by atoms with Gasteiger partial charge in [0.25, 0.3) is 0 Å². The summed E-state index contributed by atoms with van der Waals surface area (Å²) in [6.45, 7) is 1.36. The monoisotopic (exact) mass is 186 g/mol. The van der Waals surface area contributed by atoms with Crippen molar-refractivity contribution >= 4 is 11.9 Å². The first-order valence-electron chi connectivity index (χ1n) is 4.43. The zero-order valence-electron chi connectivity index (χ0n) is 7.38. The van der Waals surface area contributed by atoms with E-state index in [1.807, 2.05) is 0 Å². The Labute approximate surface area is 76.5 Å². The fourth-order valence-electron chi connectivity index (χ4n) is 1.29. The quantitative estimate of drug-likeness (QED) is 0.534. The Morgan fingerprint density at radius 1 is 1.46 bits per heavy atom. The molecule has 0 aromatic carbocycles. The molecule has 0 aromatic heterocycles. The van der Waals surface area contributed by atoms with Crippen LogP contribution in [0.3, 0.4) is 0 Å². The Morgan fingerprint density at radius 2 is 2.15 bits per heavy atom. The summed E-state index contributed by atoms with van der Waals surface area (Å²) < 4.78 is 0.